The van der Waals surface area contributed by atoms with E-state index in [1.54, 1.807) is 0 Å². The fraction of sp³-hybridized carbons (Fsp3) is 0.250. The third-order valence-corrected chi connectivity index (χ3v) is 1.64. The maximum atomic E-state index is 11.7. The van der Waals surface area contributed by atoms with Gasteiger partial charge in [-0.15, -0.1) is 12.4 Å². The average molecular weight is 205 g/mol. The van der Waals surface area contributed by atoms with Gasteiger partial charge in [0.25, 0.3) is 0 Å². The third kappa shape index (κ3) is 2.55. The van der Waals surface area contributed by atoms with Crippen LogP contribution >= 0.6 is 23.7 Å². The Morgan fingerprint density at radius 3 is 2.18 bits per heavy atom. The summed E-state index contributed by atoms with van der Waals surface area (Å²) in [5.41, 5.74) is 5.03. The van der Waals surface area contributed by atoms with Crippen LogP contribution in [0.25, 0.3) is 0 Å². The third-order valence-electron chi connectivity index (χ3n) is 0.766. The highest BCUT2D eigenvalue weighted by atomic mass is 35.5. The number of alkyl halides is 3. The van der Waals surface area contributed by atoms with Gasteiger partial charge >= 0.3 is 6.18 Å². The number of nitrogen functional groups attached to an aromatic ring is 1. The highest BCUT2D eigenvalue weighted by molar-refractivity contribution is 7.15. The molecule has 0 aliphatic carbocycles. The van der Waals surface area contributed by atoms with Crippen molar-refractivity contribution in [3.05, 3.63) is 11.2 Å². The smallest absolute Gasteiger partial charge is 0.389 e. The number of thiazole rings is 1. The molecule has 0 amide bonds. The van der Waals surface area contributed by atoms with Crippen LogP contribution in [-0.4, -0.2) is 4.98 Å². The molecule has 0 unspecified atom stereocenters. The Bertz CT molecular complexity index is 233. The van der Waals surface area contributed by atoms with E-state index < -0.39 is 11.2 Å². The Balaban J connectivity index is 0.000001000. The first-order chi connectivity index (χ1) is 4.50. The first-order valence-corrected chi connectivity index (χ1v) is 3.10. The molecule has 11 heavy (non-hydrogen) atoms. The lowest BCUT2D eigenvalue weighted by Gasteiger charge is -1.97. The van der Waals surface area contributed by atoms with Crippen LogP contribution in [0.3, 0.4) is 0 Å². The van der Waals surface area contributed by atoms with E-state index in [2.05, 4.69) is 4.98 Å². The van der Waals surface area contributed by atoms with E-state index in [4.69, 9.17) is 5.73 Å². The fourth-order valence-corrected chi connectivity index (χ4v) is 0.967. The zero-order valence-electron chi connectivity index (χ0n) is 5.05. The number of hydrogen-bond donors (Lipinski definition) is 1. The molecule has 1 heterocycles. The second-order valence-corrected chi connectivity index (χ2v) is 2.63. The van der Waals surface area contributed by atoms with Crippen LogP contribution in [0.1, 0.15) is 5.01 Å². The van der Waals surface area contributed by atoms with Crippen molar-refractivity contribution in [3.8, 4) is 0 Å². The Hall–Kier alpha value is -0.490. The van der Waals surface area contributed by atoms with Crippen LogP contribution < -0.4 is 5.73 Å². The van der Waals surface area contributed by atoms with Crippen LogP contribution in [0.15, 0.2) is 6.20 Å². The van der Waals surface area contributed by atoms with E-state index in [9.17, 15) is 13.2 Å². The van der Waals surface area contributed by atoms with Crippen molar-refractivity contribution >= 4 is 28.7 Å². The average Bonchev–Trinajstić information content (AvgIpc) is 2.11. The van der Waals surface area contributed by atoms with E-state index in [0.717, 1.165) is 6.20 Å². The quantitative estimate of drug-likeness (QED) is 0.704. The van der Waals surface area contributed by atoms with Crippen LogP contribution in [0.4, 0.5) is 18.2 Å². The number of aromatic nitrogens is 1. The van der Waals surface area contributed by atoms with Crippen molar-refractivity contribution < 1.29 is 13.2 Å². The van der Waals surface area contributed by atoms with Gasteiger partial charge in [-0.25, -0.2) is 4.98 Å². The molecular weight excluding hydrogens is 201 g/mol. The summed E-state index contributed by atoms with van der Waals surface area (Å²) in [6, 6.07) is 0. The molecule has 2 nitrogen and oxygen atoms in total. The van der Waals surface area contributed by atoms with Gasteiger partial charge in [-0.3, -0.25) is 0 Å². The monoisotopic (exact) mass is 204 g/mol. The predicted molar refractivity (Wildman–Crippen MR) is 38.8 cm³/mol. The van der Waals surface area contributed by atoms with E-state index in [-0.39, 0.29) is 17.4 Å². The van der Waals surface area contributed by atoms with Crippen molar-refractivity contribution in [2.45, 2.75) is 6.18 Å². The molecule has 0 fully saturated rings. The van der Waals surface area contributed by atoms with Crippen molar-refractivity contribution in [3.63, 3.8) is 0 Å². The van der Waals surface area contributed by atoms with Gasteiger partial charge in [0.05, 0.1) is 6.20 Å². The van der Waals surface area contributed by atoms with Gasteiger partial charge in [0.2, 0.25) is 0 Å². The Morgan fingerprint density at radius 1 is 1.45 bits per heavy atom. The summed E-state index contributed by atoms with van der Waals surface area (Å²) in [6.45, 7) is 0. The lowest BCUT2D eigenvalue weighted by molar-refractivity contribution is -0.137. The van der Waals surface area contributed by atoms with Crippen molar-refractivity contribution in [1.29, 1.82) is 0 Å². The second-order valence-electron chi connectivity index (χ2n) is 1.57. The topological polar surface area (TPSA) is 38.9 Å². The highest BCUT2D eigenvalue weighted by Crippen LogP contribution is 2.32. The van der Waals surface area contributed by atoms with Gasteiger partial charge in [-0.2, -0.15) is 13.2 Å². The number of halogens is 4. The number of rotatable bonds is 0. The molecule has 2 N–H and O–H groups in total. The van der Waals surface area contributed by atoms with Crippen molar-refractivity contribution in [2.75, 3.05) is 5.73 Å². The summed E-state index contributed by atoms with van der Waals surface area (Å²) in [7, 11) is 0. The second kappa shape index (κ2) is 3.27. The number of anilines is 1. The summed E-state index contributed by atoms with van der Waals surface area (Å²) in [4.78, 5) is 3.06. The van der Waals surface area contributed by atoms with Gasteiger partial charge in [0.15, 0.2) is 5.01 Å². The van der Waals surface area contributed by atoms with Gasteiger partial charge in [0.1, 0.15) is 5.00 Å². The highest BCUT2D eigenvalue weighted by Gasteiger charge is 2.34. The van der Waals surface area contributed by atoms with Gasteiger partial charge in [-0.1, -0.05) is 11.3 Å². The molecule has 0 spiro atoms. The zero-order valence-corrected chi connectivity index (χ0v) is 6.69. The summed E-state index contributed by atoms with van der Waals surface area (Å²) >= 11 is 0.436. The molecule has 0 saturated heterocycles. The molecule has 64 valence electrons. The summed E-state index contributed by atoms with van der Waals surface area (Å²) < 4.78 is 35.1. The Morgan fingerprint density at radius 2 is 2.00 bits per heavy atom. The molecule has 0 aromatic carbocycles. The van der Waals surface area contributed by atoms with Gasteiger partial charge in [0, 0.05) is 0 Å². The van der Waals surface area contributed by atoms with Gasteiger partial charge < -0.3 is 5.73 Å². The van der Waals surface area contributed by atoms with Crippen molar-refractivity contribution in [1.82, 2.24) is 4.98 Å². The molecule has 1 aromatic rings. The van der Waals surface area contributed by atoms with Crippen LogP contribution in [-0.2, 0) is 6.18 Å². The van der Waals surface area contributed by atoms with Crippen LogP contribution in [0, 0.1) is 0 Å². The van der Waals surface area contributed by atoms with E-state index in [1.165, 1.54) is 0 Å². The minimum Gasteiger partial charge on any atom is -0.389 e. The SMILES string of the molecule is Cl.Nc1cnc(C(F)(F)F)s1. The standard InChI is InChI=1S/C4H3F3N2S.ClH/c5-4(6,7)3-9-1-2(8)10-3;/h1H,8H2;1H. The predicted octanol–water partition coefficient (Wildman–Crippen LogP) is 2.17. The van der Waals surface area contributed by atoms with E-state index in [1.807, 2.05) is 0 Å². The normalized spacial score (nSPS) is 10.8. The lowest BCUT2D eigenvalue weighted by atomic mass is 10.7. The minimum atomic E-state index is -4.36. The molecule has 0 radical (unpaired) electrons. The summed E-state index contributed by atoms with van der Waals surface area (Å²) in [5.74, 6) is 0. The van der Waals surface area contributed by atoms with Crippen LogP contribution in [0.2, 0.25) is 0 Å². The number of nitrogens with zero attached hydrogens (tertiary/aromatic N) is 1. The lowest BCUT2D eigenvalue weighted by Crippen LogP contribution is -2.02. The van der Waals surface area contributed by atoms with Gasteiger partial charge in [-0.05, 0) is 0 Å². The zero-order chi connectivity index (χ0) is 7.78. The first kappa shape index (κ1) is 10.5. The molecule has 0 aliphatic heterocycles. The molecule has 0 aliphatic rings. The molecule has 7 heteroatoms. The van der Waals surface area contributed by atoms with Crippen LogP contribution in [0.5, 0.6) is 0 Å². The maximum Gasteiger partial charge on any atom is 0.443 e. The first-order valence-electron chi connectivity index (χ1n) is 2.28. The summed E-state index contributed by atoms with van der Waals surface area (Å²) in [5, 5.41) is -0.822. The maximum absolute atomic E-state index is 11.7. The molecular formula is C4H4ClF3N2S. The molecule has 1 aromatic heterocycles. The molecule has 0 atom stereocenters. The number of nitrogens with two attached hydrogens (primary N) is 1. The molecule has 0 saturated carbocycles. The minimum absolute atomic E-state index is 0. The Kier molecular flexibility index (Phi) is 3.13. The Labute approximate surface area is 70.6 Å². The van der Waals surface area contributed by atoms with E-state index in [0.29, 0.717) is 11.3 Å². The summed E-state index contributed by atoms with van der Waals surface area (Å²) in [6.07, 6.45) is -3.37. The fourth-order valence-electron chi connectivity index (χ4n) is 0.418. The largest absolute Gasteiger partial charge is 0.443 e. The molecule has 0 bridgehead atoms. The molecule has 1 rings (SSSR count). The number of hydrogen-bond acceptors (Lipinski definition) is 3. The van der Waals surface area contributed by atoms with Crippen molar-refractivity contribution in [2.24, 2.45) is 0 Å². The van der Waals surface area contributed by atoms with E-state index >= 15 is 0 Å².